The summed E-state index contributed by atoms with van der Waals surface area (Å²) in [6.45, 7) is 6.70. The molecule has 2 unspecified atom stereocenters. The Balaban J connectivity index is 3.99. The third-order valence-electron chi connectivity index (χ3n) is 1.66. The number of aliphatic hydroxyl groups excluding tert-OH is 1. The van der Waals surface area contributed by atoms with E-state index in [0.717, 1.165) is 12.5 Å². The van der Waals surface area contributed by atoms with Crippen molar-refractivity contribution in [1.82, 2.24) is 0 Å². The predicted molar refractivity (Wildman–Crippen MR) is 59.3 cm³/mol. The van der Waals surface area contributed by atoms with E-state index in [-0.39, 0.29) is 12.0 Å². The zero-order valence-electron chi connectivity index (χ0n) is 8.62. The van der Waals surface area contributed by atoms with Crippen molar-refractivity contribution in [3.63, 3.8) is 0 Å². The van der Waals surface area contributed by atoms with E-state index in [1.165, 1.54) is 0 Å². The molecule has 0 aliphatic rings. The van der Waals surface area contributed by atoms with Crippen molar-refractivity contribution in [2.75, 3.05) is 13.2 Å². The van der Waals surface area contributed by atoms with Gasteiger partial charge < -0.3 is 14.0 Å². The van der Waals surface area contributed by atoms with Gasteiger partial charge in [0.25, 0.3) is 0 Å². The molecule has 0 aliphatic heterocycles. The first-order valence-corrected chi connectivity index (χ1v) is 7.69. The summed E-state index contributed by atoms with van der Waals surface area (Å²) in [5.74, 6) is 0. The minimum Gasteiger partial charge on any atom is -0.396 e. The number of hydrogen-bond acceptors (Lipinski definition) is 4. The van der Waals surface area contributed by atoms with Gasteiger partial charge in [0.2, 0.25) is 0 Å². The van der Waals surface area contributed by atoms with Gasteiger partial charge in [-0.2, -0.15) is 0 Å². The fourth-order valence-electron chi connectivity index (χ4n) is 1.23. The zero-order chi connectivity index (χ0) is 10.3. The van der Waals surface area contributed by atoms with E-state index < -0.39 is 8.56 Å². The predicted octanol–water partition coefficient (Wildman–Crippen LogP) is 1.77. The lowest BCUT2D eigenvalue weighted by atomic mass is 10.5. The summed E-state index contributed by atoms with van der Waals surface area (Å²) in [7, 11) is -2.07. The highest BCUT2D eigenvalue weighted by molar-refractivity contribution is 7.80. The van der Waals surface area contributed by atoms with Crippen LogP contribution in [0.2, 0.25) is 12.6 Å². The summed E-state index contributed by atoms with van der Waals surface area (Å²) in [5, 5.41) is 8.72. The molecule has 0 saturated heterocycles. The van der Waals surface area contributed by atoms with E-state index in [4.69, 9.17) is 14.0 Å². The quantitative estimate of drug-likeness (QED) is 0.393. The molecule has 0 aliphatic carbocycles. The van der Waals surface area contributed by atoms with Crippen LogP contribution in [0.3, 0.4) is 0 Å². The fraction of sp³-hybridized carbons (Fsp3) is 1.00. The Morgan fingerprint density at radius 3 is 2.54 bits per heavy atom. The molecular weight excluding hydrogens is 204 g/mol. The lowest BCUT2D eigenvalue weighted by molar-refractivity contribution is 0.171. The molecule has 0 aromatic carbocycles. The molecule has 0 spiro atoms. The van der Waals surface area contributed by atoms with Gasteiger partial charge in [-0.25, -0.2) is 0 Å². The highest BCUT2D eigenvalue weighted by atomic mass is 32.1. The lowest BCUT2D eigenvalue weighted by Gasteiger charge is -2.28. The molecule has 0 amide bonds. The van der Waals surface area contributed by atoms with E-state index in [0.29, 0.717) is 6.61 Å². The highest BCUT2D eigenvalue weighted by Crippen LogP contribution is 2.18. The van der Waals surface area contributed by atoms with E-state index in [1.807, 2.05) is 20.4 Å². The summed E-state index contributed by atoms with van der Waals surface area (Å²) in [5.41, 5.74) is -0.0955. The van der Waals surface area contributed by atoms with E-state index in [2.05, 4.69) is 12.6 Å². The maximum Gasteiger partial charge on any atom is 0.335 e. The van der Waals surface area contributed by atoms with Crippen LogP contribution < -0.4 is 0 Å². The van der Waals surface area contributed by atoms with Crippen molar-refractivity contribution in [2.24, 2.45) is 0 Å². The van der Waals surface area contributed by atoms with Crippen LogP contribution in [0.4, 0.5) is 0 Å². The molecule has 1 N–H and O–H groups in total. The summed E-state index contributed by atoms with van der Waals surface area (Å²) < 4.78 is 11.2. The second-order valence-electron chi connectivity index (χ2n) is 3.11. The first-order chi connectivity index (χ1) is 6.04. The molecule has 0 aromatic heterocycles. The van der Waals surface area contributed by atoms with Crippen molar-refractivity contribution in [2.45, 2.75) is 38.3 Å². The first-order valence-electron chi connectivity index (χ1n) is 4.65. The second kappa shape index (κ2) is 6.84. The molecule has 0 fully saturated rings. The minimum atomic E-state index is -2.07. The molecule has 0 saturated carbocycles. The molecule has 0 aromatic rings. The van der Waals surface area contributed by atoms with Crippen LogP contribution in [0.1, 0.15) is 20.3 Å². The van der Waals surface area contributed by atoms with E-state index in [9.17, 15) is 0 Å². The van der Waals surface area contributed by atoms with Gasteiger partial charge in [-0.15, -0.1) is 12.6 Å². The maximum atomic E-state index is 8.72. The third kappa shape index (κ3) is 6.51. The van der Waals surface area contributed by atoms with Crippen molar-refractivity contribution < 1.29 is 14.0 Å². The molecular formula is C8H20O3SSi. The van der Waals surface area contributed by atoms with Crippen LogP contribution >= 0.6 is 12.6 Å². The second-order valence-corrected chi connectivity index (χ2v) is 7.13. The van der Waals surface area contributed by atoms with Crippen LogP contribution in [0.15, 0.2) is 0 Å². The van der Waals surface area contributed by atoms with Crippen LogP contribution in [0, 0.1) is 0 Å². The van der Waals surface area contributed by atoms with E-state index >= 15 is 0 Å². The smallest absolute Gasteiger partial charge is 0.335 e. The van der Waals surface area contributed by atoms with Gasteiger partial charge in [-0.3, -0.25) is 0 Å². The van der Waals surface area contributed by atoms with Gasteiger partial charge in [-0.05, 0) is 32.9 Å². The van der Waals surface area contributed by atoms with Gasteiger partial charge in [0, 0.05) is 13.2 Å². The molecule has 0 bridgehead atoms. The molecule has 0 heterocycles. The standard InChI is InChI=1S/C8H20O3SSi/c1-4-10-13(3,7-5-6-9)11-8(2)12/h8-9,12H,4-7H2,1-3H3. The summed E-state index contributed by atoms with van der Waals surface area (Å²) in [6.07, 6.45) is 0.739. The molecule has 13 heavy (non-hydrogen) atoms. The van der Waals surface area contributed by atoms with E-state index in [1.54, 1.807) is 0 Å². The topological polar surface area (TPSA) is 38.7 Å². The normalized spacial score (nSPS) is 18.2. The zero-order valence-corrected chi connectivity index (χ0v) is 10.5. The van der Waals surface area contributed by atoms with Crippen molar-refractivity contribution in [1.29, 1.82) is 0 Å². The summed E-state index contributed by atoms with van der Waals surface area (Å²) in [6, 6.07) is 0.822. The van der Waals surface area contributed by atoms with Crippen molar-refractivity contribution in [3.05, 3.63) is 0 Å². The Morgan fingerprint density at radius 2 is 2.15 bits per heavy atom. The maximum absolute atomic E-state index is 8.72. The Hall–Kier alpha value is 0.447. The molecule has 3 nitrogen and oxygen atoms in total. The average Bonchev–Trinajstić information content (AvgIpc) is 2.00. The molecule has 0 rings (SSSR count). The minimum absolute atomic E-state index is 0.0955. The van der Waals surface area contributed by atoms with Gasteiger partial charge in [-0.1, -0.05) is 0 Å². The SMILES string of the molecule is CCO[Si](C)(CCCO)OC(C)S. The molecule has 5 heteroatoms. The fourth-order valence-corrected chi connectivity index (χ4v) is 4.36. The van der Waals surface area contributed by atoms with Gasteiger partial charge in [0.1, 0.15) is 0 Å². The largest absolute Gasteiger partial charge is 0.396 e. The van der Waals surface area contributed by atoms with Crippen LogP contribution in [-0.4, -0.2) is 32.3 Å². The van der Waals surface area contributed by atoms with Gasteiger partial charge in [0.15, 0.2) is 0 Å². The van der Waals surface area contributed by atoms with Crippen LogP contribution in [0.5, 0.6) is 0 Å². The first kappa shape index (κ1) is 13.4. The Bertz CT molecular complexity index is 135. The Kier molecular flexibility index (Phi) is 7.07. The van der Waals surface area contributed by atoms with Gasteiger partial charge >= 0.3 is 8.56 Å². The van der Waals surface area contributed by atoms with Gasteiger partial charge in [0.05, 0.1) is 5.44 Å². The third-order valence-corrected chi connectivity index (χ3v) is 4.98. The molecule has 80 valence electrons. The number of aliphatic hydroxyl groups is 1. The Labute approximate surface area is 87.1 Å². The number of hydrogen-bond donors (Lipinski definition) is 2. The van der Waals surface area contributed by atoms with Crippen LogP contribution in [0.25, 0.3) is 0 Å². The highest BCUT2D eigenvalue weighted by Gasteiger charge is 2.31. The number of thiol groups is 1. The summed E-state index contributed by atoms with van der Waals surface area (Å²) >= 11 is 4.18. The van der Waals surface area contributed by atoms with Crippen molar-refractivity contribution in [3.8, 4) is 0 Å². The van der Waals surface area contributed by atoms with Crippen LogP contribution in [-0.2, 0) is 8.85 Å². The van der Waals surface area contributed by atoms with Crippen molar-refractivity contribution >= 4 is 21.2 Å². The number of rotatable bonds is 7. The lowest BCUT2D eigenvalue weighted by Crippen LogP contribution is -2.40. The molecule has 2 atom stereocenters. The Morgan fingerprint density at radius 1 is 1.54 bits per heavy atom. The molecule has 0 radical (unpaired) electrons. The summed E-state index contributed by atoms with van der Waals surface area (Å²) in [4.78, 5) is 0. The average molecular weight is 224 g/mol. The monoisotopic (exact) mass is 224 g/mol.